The van der Waals surface area contributed by atoms with Crippen LogP contribution in [0.5, 0.6) is 5.75 Å². The summed E-state index contributed by atoms with van der Waals surface area (Å²) in [6.45, 7) is 7.69. The van der Waals surface area contributed by atoms with Crippen LogP contribution in [0, 0.1) is 27.7 Å². The van der Waals surface area contributed by atoms with Crippen LogP contribution in [-0.2, 0) is 16.2 Å². The third-order valence-corrected chi connectivity index (χ3v) is 7.69. The highest BCUT2D eigenvalue weighted by molar-refractivity contribution is 6.04. The van der Waals surface area contributed by atoms with Gasteiger partial charge in [-0.25, -0.2) is 9.97 Å². The Bertz CT molecular complexity index is 1990. The Morgan fingerprint density at radius 3 is 2.51 bits per heavy atom. The van der Waals surface area contributed by atoms with Crippen LogP contribution < -0.4 is 20.3 Å². The zero-order valence-corrected chi connectivity index (χ0v) is 26.9. The highest BCUT2D eigenvalue weighted by Gasteiger charge is 2.18. The molecular weight excluding hydrogens is 594 g/mol. The third-order valence-electron chi connectivity index (χ3n) is 7.69. The lowest BCUT2D eigenvalue weighted by Gasteiger charge is -2.23. The molecule has 3 heterocycles. The molecule has 238 valence electrons. The van der Waals surface area contributed by atoms with Crippen molar-refractivity contribution >= 4 is 46.3 Å². The number of likely N-dealkylation sites (N-methyl/N-ethyl adjacent to an activating group) is 1. The highest BCUT2D eigenvalue weighted by Crippen LogP contribution is 2.28. The second-order valence-electron chi connectivity index (χ2n) is 11.0. The molecule has 0 bridgehead atoms. The molecule has 5 aromatic rings. The molecule has 47 heavy (non-hydrogen) atoms. The van der Waals surface area contributed by atoms with Crippen LogP contribution >= 0.6 is 0 Å². The van der Waals surface area contributed by atoms with Crippen molar-refractivity contribution in [3.63, 3.8) is 0 Å². The van der Waals surface area contributed by atoms with Gasteiger partial charge in [0.1, 0.15) is 23.7 Å². The van der Waals surface area contributed by atoms with Gasteiger partial charge in [-0.1, -0.05) is 12.1 Å². The zero-order chi connectivity index (χ0) is 33.5. The van der Waals surface area contributed by atoms with Crippen molar-refractivity contribution in [3.8, 4) is 5.75 Å². The Morgan fingerprint density at radius 1 is 0.915 bits per heavy atom. The Morgan fingerprint density at radius 2 is 1.74 bits per heavy atom. The first kappa shape index (κ1) is 32.4. The second-order valence-corrected chi connectivity index (χ2v) is 11.0. The molecule has 3 amide bonds. The average molecular weight is 630 g/mol. The van der Waals surface area contributed by atoms with Gasteiger partial charge in [-0.3, -0.25) is 24.4 Å². The van der Waals surface area contributed by atoms with E-state index in [-0.39, 0.29) is 25.0 Å². The van der Waals surface area contributed by atoms with E-state index in [2.05, 4.69) is 30.6 Å². The summed E-state index contributed by atoms with van der Waals surface area (Å²) in [6, 6.07) is 16.2. The maximum Gasteiger partial charge on any atom is 0.258 e. The minimum Gasteiger partial charge on any atom is -0.487 e. The van der Waals surface area contributed by atoms with Crippen molar-refractivity contribution in [2.45, 2.75) is 34.3 Å². The van der Waals surface area contributed by atoms with Crippen molar-refractivity contribution in [1.82, 2.24) is 25.3 Å². The van der Waals surface area contributed by atoms with E-state index >= 15 is 0 Å². The van der Waals surface area contributed by atoms with Crippen LogP contribution in [0.4, 0.5) is 11.5 Å². The van der Waals surface area contributed by atoms with Crippen molar-refractivity contribution < 1.29 is 19.1 Å². The molecule has 2 N–H and O–H groups in total. The standard InChI is InChI=1S/C36H35N7O4/c1-22-11-14-30(24(3)28(22)21-47-31-10-6-9-29-35(31)41-23(2)18-38-29)43(5)34(45)20-40-33(44)16-13-26-12-15-32(39-19-26)42-36(46)27-8-7-17-37-25(27)4/h6-19H,20-21H2,1-5H3,(H,40,44)(H,39,42,46). The number of carbonyl (C=O) groups excluding carboxylic acids is 3. The monoisotopic (exact) mass is 629 g/mol. The maximum absolute atomic E-state index is 13.1. The smallest absolute Gasteiger partial charge is 0.258 e. The number of carbonyl (C=O) groups is 3. The van der Waals surface area contributed by atoms with Gasteiger partial charge in [0.15, 0.2) is 0 Å². The molecule has 3 aromatic heterocycles. The average Bonchev–Trinajstić information content (AvgIpc) is 3.06. The van der Waals surface area contributed by atoms with Gasteiger partial charge in [-0.05, 0) is 98.5 Å². The predicted molar refractivity (Wildman–Crippen MR) is 181 cm³/mol. The Hall–Kier alpha value is -5.97. The van der Waals surface area contributed by atoms with Crippen LogP contribution in [0.3, 0.4) is 0 Å². The Balaban J connectivity index is 1.16. The fourth-order valence-corrected chi connectivity index (χ4v) is 4.96. The summed E-state index contributed by atoms with van der Waals surface area (Å²) < 4.78 is 6.21. The minimum absolute atomic E-state index is 0.191. The van der Waals surface area contributed by atoms with Crippen LogP contribution in [0.25, 0.3) is 17.1 Å². The molecule has 0 aliphatic heterocycles. The molecular formula is C36H35N7O4. The molecule has 0 fully saturated rings. The first-order chi connectivity index (χ1) is 22.6. The number of aryl methyl sites for hydroxylation is 3. The molecule has 0 unspecified atom stereocenters. The Kier molecular flexibility index (Phi) is 9.95. The fraction of sp³-hybridized carbons (Fsp3) is 0.194. The van der Waals surface area contributed by atoms with Gasteiger partial charge in [0.2, 0.25) is 11.8 Å². The molecule has 0 atom stereocenters. The number of fused-ring (bicyclic) bond motifs is 1. The van der Waals surface area contributed by atoms with Gasteiger partial charge in [0, 0.05) is 43.1 Å². The number of hydrogen-bond acceptors (Lipinski definition) is 8. The lowest BCUT2D eigenvalue weighted by molar-refractivity contribution is -0.122. The summed E-state index contributed by atoms with van der Waals surface area (Å²) in [7, 11) is 1.68. The lowest BCUT2D eigenvalue weighted by atomic mass is 10.0. The van der Waals surface area contributed by atoms with E-state index in [9.17, 15) is 14.4 Å². The summed E-state index contributed by atoms with van der Waals surface area (Å²) in [6.07, 6.45) is 7.78. The fourth-order valence-electron chi connectivity index (χ4n) is 4.96. The van der Waals surface area contributed by atoms with Gasteiger partial charge >= 0.3 is 0 Å². The number of nitrogens with zero attached hydrogens (tertiary/aromatic N) is 5. The summed E-state index contributed by atoms with van der Waals surface area (Å²) >= 11 is 0. The maximum atomic E-state index is 13.1. The molecule has 11 heteroatoms. The normalized spacial score (nSPS) is 11.0. The predicted octanol–water partition coefficient (Wildman–Crippen LogP) is 5.28. The number of hydrogen-bond donors (Lipinski definition) is 2. The number of aromatic nitrogens is 4. The Labute approximate surface area is 272 Å². The summed E-state index contributed by atoms with van der Waals surface area (Å²) in [5.41, 5.74) is 7.59. The number of benzene rings is 2. The largest absolute Gasteiger partial charge is 0.487 e. The van der Waals surface area contributed by atoms with E-state index in [1.165, 1.54) is 17.2 Å². The first-order valence-electron chi connectivity index (χ1n) is 15.0. The number of ether oxygens (including phenoxy) is 1. The molecule has 0 aliphatic rings. The number of amides is 3. The first-order valence-corrected chi connectivity index (χ1v) is 15.0. The van der Waals surface area contributed by atoms with E-state index in [0.29, 0.717) is 33.9 Å². The molecule has 0 aliphatic carbocycles. The van der Waals surface area contributed by atoms with E-state index in [0.717, 1.165) is 33.6 Å². The second kappa shape index (κ2) is 14.4. The number of nitrogens with one attached hydrogen (secondary N) is 2. The molecule has 2 aromatic carbocycles. The van der Waals surface area contributed by atoms with Gasteiger partial charge in [-0.2, -0.15) is 0 Å². The van der Waals surface area contributed by atoms with Crippen molar-refractivity contribution in [1.29, 1.82) is 0 Å². The van der Waals surface area contributed by atoms with E-state index in [1.807, 2.05) is 51.1 Å². The van der Waals surface area contributed by atoms with Crippen molar-refractivity contribution in [2.24, 2.45) is 0 Å². The van der Waals surface area contributed by atoms with Gasteiger partial charge in [-0.15, -0.1) is 0 Å². The lowest BCUT2D eigenvalue weighted by Crippen LogP contribution is -2.38. The highest BCUT2D eigenvalue weighted by atomic mass is 16.5. The van der Waals surface area contributed by atoms with Crippen LogP contribution in [0.1, 0.15) is 44.0 Å². The molecule has 0 spiro atoms. The number of para-hydroxylation sites is 1. The van der Waals surface area contributed by atoms with Crippen LogP contribution in [0.15, 0.2) is 79.3 Å². The van der Waals surface area contributed by atoms with Gasteiger partial charge in [0.25, 0.3) is 5.91 Å². The van der Waals surface area contributed by atoms with Crippen molar-refractivity contribution in [2.75, 3.05) is 23.8 Å². The third kappa shape index (κ3) is 7.82. The molecule has 0 radical (unpaired) electrons. The molecule has 0 saturated carbocycles. The van der Waals surface area contributed by atoms with Gasteiger partial charge in [0.05, 0.1) is 23.3 Å². The van der Waals surface area contributed by atoms with Crippen molar-refractivity contribution in [3.05, 3.63) is 118 Å². The van der Waals surface area contributed by atoms with Crippen LogP contribution in [-0.4, -0.2) is 51.2 Å². The SMILES string of the molecule is Cc1cnc2cccc(OCc3c(C)ccc(N(C)C(=O)CNC(=O)C=Cc4ccc(NC(=O)c5cccnc5C)nc4)c3C)c2n1. The number of pyridine rings is 2. The zero-order valence-electron chi connectivity index (χ0n) is 26.9. The molecule has 5 rings (SSSR count). The van der Waals surface area contributed by atoms with E-state index in [1.54, 1.807) is 56.7 Å². The van der Waals surface area contributed by atoms with E-state index < -0.39 is 5.91 Å². The molecule has 11 nitrogen and oxygen atoms in total. The summed E-state index contributed by atoms with van der Waals surface area (Å²) in [5.74, 6) is -0.0162. The summed E-state index contributed by atoms with van der Waals surface area (Å²) in [4.78, 5) is 57.0. The quantitative estimate of drug-likeness (QED) is 0.199. The topological polar surface area (TPSA) is 139 Å². The number of anilines is 2. The van der Waals surface area contributed by atoms with Gasteiger partial charge < -0.3 is 20.3 Å². The minimum atomic E-state index is -0.431. The number of rotatable bonds is 10. The van der Waals surface area contributed by atoms with Crippen LogP contribution in [0.2, 0.25) is 0 Å². The molecule has 0 saturated heterocycles. The summed E-state index contributed by atoms with van der Waals surface area (Å²) in [5, 5.41) is 5.37. The van der Waals surface area contributed by atoms with E-state index in [4.69, 9.17) is 4.74 Å².